The first-order valence-corrected chi connectivity index (χ1v) is 13.1. The van der Waals surface area contributed by atoms with Crippen LogP contribution < -0.4 is 14.8 Å². The molecule has 1 saturated heterocycles. The van der Waals surface area contributed by atoms with Crippen molar-refractivity contribution in [3.05, 3.63) is 77.9 Å². The molecule has 188 valence electrons. The molecular formula is C31H36N2O3. The Balaban J connectivity index is 1.37. The maximum absolute atomic E-state index is 10.2. The number of benzene rings is 3. The minimum absolute atomic E-state index is 0.283. The van der Waals surface area contributed by atoms with Crippen LogP contribution in [0.4, 0.5) is 0 Å². The number of phenolic OH excluding ortho intramolecular Hbond substituents is 1. The number of rotatable bonds is 9. The van der Waals surface area contributed by atoms with Crippen molar-refractivity contribution in [2.45, 2.75) is 52.1 Å². The molecule has 3 aromatic carbocycles. The number of nitrogens with one attached hydrogen (secondary N) is 1. The summed E-state index contributed by atoms with van der Waals surface area (Å²) in [4.78, 5) is 0. The van der Waals surface area contributed by atoms with E-state index in [4.69, 9.17) is 9.47 Å². The summed E-state index contributed by atoms with van der Waals surface area (Å²) < 4.78 is 14.0. The van der Waals surface area contributed by atoms with Crippen LogP contribution in [0.5, 0.6) is 17.2 Å². The molecule has 1 aromatic heterocycles. The maximum Gasteiger partial charge on any atom is 0.119 e. The van der Waals surface area contributed by atoms with Crippen molar-refractivity contribution in [2.24, 2.45) is 0 Å². The van der Waals surface area contributed by atoms with Crippen LogP contribution in [-0.2, 0) is 6.54 Å². The third-order valence-corrected chi connectivity index (χ3v) is 7.15. The third kappa shape index (κ3) is 5.36. The molecule has 0 radical (unpaired) electrons. The van der Waals surface area contributed by atoms with Crippen molar-refractivity contribution in [3.8, 4) is 28.5 Å². The maximum atomic E-state index is 10.2. The lowest BCUT2D eigenvalue weighted by Gasteiger charge is -2.23. The molecule has 0 spiro atoms. The molecule has 0 amide bonds. The number of hydrogen-bond acceptors (Lipinski definition) is 4. The normalized spacial score (nSPS) is 15.8. The van der Waals surface area contributed by atoms with E-state index in [1.807, 2.05) is 31.2 Å². The summed E-state index contributed by atoms with van der Waals surface area (Å²) in [6.45, 7) is 7.36. The SMILES string of the molecule is CCOc1ccc(-c2c(C)c3cc(O)ccc3n2Cc2ccc(OCCC3CCCCN3)cc2)cc1. The summed E-state index contributed by atoms with van der Waals surface area (Å²) in [5.41, 5.74) is 5.74. The quantitative estimate of drug-likeness (QED) is 0.278. The largest absolute Gasteiger partial charge is 0.508 e. The molecule has 36 heavy (non-hydrogen) atoms. The van der Waals surface area contributed by atoms with Gasteiger partial charge in [-0.2, -0.15) is 0 Å². The van der Waals surface area contributed by atoms with Crippen LogP contribution in [-0.4, -0.2) is 35.5 Å². The van der Waals surface area contributed by atoms with Gasteiger partial charge in [0.15, 0.2) is 0 Å². The van der Waals surface area contributed by atoms with Crippen LogP contribution >= 0.6 is 0 Å². The minimum atomic E-state index is 0.283. The first-order chi connectivity index (χ1) is 17.6. The van der Waals surface area contributed by atoms with Crippen LogP contribution in [0.25, 0.3) is 22.2 Å². The van der Waals surface area contributed by atoms with Gasteiger partial charge in [0.2, 0.25) is 0 Å². The van der Waals surface area contributed by atoms with Gasteiger partial charge in [-0.25, -0.2) is 0 Å². The first kappa shape index (κ1) is 24.3. The fraction of sp³-hybridized carbons (Fsp3) is 0.355. The summed E-state index contributed by atoms with van der Waals surface area (Å²) in [6.07, 6.45) is 4.91. The Kier molecular flexibility index (Phi) is 7.47. The zero-order valence-electron chi connectivity index (χ0n) is 21.3. The Morgan fingerprint density at radius 1 is 0.944 bits per heavy atom. The van der Waals surface area contributed by atoms with E-state index >= 15 is 0 Å². The minimum Gasteiger partial charge on any atom is -0.508 e. The molecule has 1 atom stereocenters. The molecule has 1 aliphatic heterocycles. The molecule has 4 aromatic rings. The Bertz CT molecular complexity index is 1290. The molecule has 0 aliphatic carbocycles. The summed E-state index contributed by atoms with van der Waals surface area (Å²) in [6, 6.07) is 22.9. The van der Waals surface area contributed by atoms with Crippen LogP contribution in [0, 0.1) is 6.92 Å². The molecule has 2 N–H and O–H groups in total. The van der Waals surface area contributed by atoms with Gasteiger partial charge in [-0.05, 0) is 111 Å². The second-order valence-electron chi connectivity index (χ2n) is 9.65. The van der Waals surface area contributed by atoms with Crippen molar-refractivity contribution < 1.29 is 14.6 Å². The Hall–Kier alpha value is -3.44. The molecule has 5 heteroatoms. The lowest BCUT2D eigenvalue weighted by Crippen LogP contribution is -2.35. The average molecular weight is 485 g/mol. The number of aromatic nitrogens is 1. The van der Waals surface area contributed by atoms with Gasteiger partial charge in [-0.1, -0.05) is 18.6 Å². The number of aryl methyl sites for hydroxylation is 1. The number of aromatic hydroxyl groups is 1. The molecule has 1 aliphatic rings. The van der Waals surface area contributed by atoms with E-state index in [0.717, 1.165) is 65.3 Å². The molecule has 1 unspecified atom stereocenters. The van der Waals surface area contributed by atoms with E-state index in [2.05, 4.69) is 53.2 Å². The second kappa shape index (κ2) is 11.1. The fourth-order valence-electron chi connectivity index (χ4n) is 5.29. The van der Waals surface area contributed by atoms with Gasteiger partial charge in [0.05, 0.1) is 18.9 Å². The topological polar surface area (TPSA) is 55.7 Å². The van der Waals surface area contributed by atoms with Crippen molar-refractivity contribution in [3.63, 3.8) is 0 Å². The highest BCUT2D eigenvalue weighted by atomic mass is 16.5. The first-order valence-electron chi connectivity index (χ1n) is 13.1. The van der Waals surface area contributed by atoms with Gasteiger partial charge in [-0.3, -0.25) is 0 Å². The van der Waals surface area contributed by atoms with Gasteiger partial charge in [0, 0.05) is 23.5 Å². The molecule has 5 rings (SSSR count). The van der Waals surface area contributed by atoms with Gasteiger partial charge in [0.1, 0.15) is 17.2 Å². The third-order valence-electron chi connectivity index (χ3n) is 7.15. The molecule has 1 fully saturated rings. The predicted octanol–water partition coefficient (Wildman–Crippen LogP) is 6.68. The van der Waals surface area contributed by atoms with Gasteiger partial charge in [0.25, 0.3) is 0 Å². The Morgan fingerprint density at radius 2 is 1.69 bits per heavy atom. The van der Waals surface area contributed by atoms with Crippen molar-refractivity contribution >= 4 is 10.9 Å². The van der Waals surface area contributed by atoms with Gasteiger partial charge >= 0.3 is 0 Å². The molecule has 0 saturated carbocycles. The average Bonchev–Trinajstić information content (AvgIpc) is 3.17. The van der Waals surface area contributed by atoms with E-state index in [9.17, 15) is 5.11 Å². The zero-order chi connectivity index (χ0) is 24.9. The second-order valence-corrected chi connectivity index (χ2v) is 9.65. The number of ether oxygens (including phenoxy) is 2. The number of piperidine rings is 1. The van der Waals surface area contributed by atoms with Crippen molar-refractivity contribution in [1.29, 1.82) is 0 Å². The standard InChI is InChI=1S/C31H36N2O3/c1-3-35-27-14-9-24(10-15-27)31-22(2)29-20-26(34)11-16-30(29)33(31)21-23-7-12-28(13-8-23)36-19-17-25-6-4-5-18-32-25/h7-16,20,25,32,34H,3-6,17-19,21H2,1-2H3. The fourth-order valence-corrected chi connectivity index (χ4v) is 5.29. The van der Waals surface area contributed by atoms with Gasteiger partial charge < -0.3 is 24.5 Å². The summed E-state index contributed by atoms with van der Waals surface area (Å²) >= 11 is 0. The molecule has 5 nitrogen and oxygen atoms in total. The highest BCUT2D eigenvalue weighted by molar-refractivity contribution is 5.92. The lowest BCUT2D eigenvalue weighted by molar-refractivity contribution is 0.268. The zero-order valence-corrected chi connectivity index (χ0v) is 21.3. The summed E-state index contributed by atoms with van der Waals surface area (Å²) in [5.74, 6) is 2.07. The van der Waals surface area contributed by atoms with Crippen LogP contribution in [0.2, 0.25) is 0 Å². The van der Waals surface area contributed by atoms with Crippen LogP contribution in [0.3, 0.4) is 0 Å². The van der Waals surface area contributed by atoms with E-state index in [1.165, 1.54) is 24.8 Å². The van der Waals surface area contributed by atoms with Crippen LogP contribution in [0.1, 0.15) is 43.7 Å². The lowest BCUT2D eigenvalue weighted by atomic mass is 10.0. The molecule has 0 bridgehead atoms. The van der Waals surface area contributed by atoms with Crippen LogP contribution in [0.15, 0.2) is 66.7 Å². The Morgan fingerprint density at radius 3 is 2.42 bits per heavy atom. The highest BCUT2D eigenvalue weighted by Crippen LogP contribution is 2.36. The number of phenols is 1. The molecule has 2 heterocycles. The predicted molar refractivity (Wildman–Crippen MR) is 146 cm³/mol. The van der Waals surface area contributed by atoms with Crippen molar-refractivity contribution in [1.82, 2.24) is 9.88 Å². The number of fused-ring (bicyclic) bond motifs is 1. The summed E-state index contributed by atoms with van der Waals surface area (Å²) in [5, 5.41) is 14.8. The number of nitrogens with zero attached hydrogens (tertiary/aromatic N) is 1. The monoisotopic (exact) mass is 484 g/mol. The Labute approximate surface area is 213 Å². The highest BCUT2D eigenvalue weighted by Gasteiger charge is 2.17. The smallest absolute Gasteiger partial charge is 0.119 e. The summed E-state index contributed by atoms with van der Waals surface area (Å²) in [7, 11) is 0. The van der Waals surface area contributed by atoms with Gasteiger partial charge in [-0.15, -0.1) is 0 Å². The van der Waals surface area contributed by atoms with E-state index < -0.39 is 0 Å². The van der Waals surface area contributed by atoms with Crippen molar-refractivity contribution in [2.75, 3.05) is 19.8 Å². The van der Waals surface area contributed by atoms with E-state index in [1.54, 1.807) is 6.07 Å². The molecular weight excluding hydrogens is 448 g/mol. The van der Waals surface area contributed by atoms with E-state index in [0.29, 0.717) is 12.6 Å². The number of hydrogen-bond donors (Lipinski definition) is 2. The van der Waals surface area contributed by atoms with E-state index in [-0.39, 0.29) is 5.75 Å².